The second-order valence-electron chi connectivity index (χ2n) is 4.89. The third kappa shape index (κ3) is 2.77. The first-order chi connectivity index (χ1) is 8.38. The Hall–Kier alpha value is -1.23. The Labute approximate surface area is 105 Å². The lowest BCUT2D eigenvalue weighted by Crippen LogP contribution is -2.33. The Kier molecular flexibility index (Phi) is 3.52. The third-order valence-electron chi connectivity index (χ3n) is 3.04. The Morgan fingerprint density at radius 2 is 2.06 bits per heavy atom. The van der Waals surface area contributed by atoms with Gasteiger partial charge in [-0.05, 0) is 30.2 Å². The van der Waals surface area contributed by atoms with Gasteiger partial charge in [0.2, 0.25) is 0 Å². The van der Waals surface area contributed by atoms with Crippen LogP contribution >= 0.6 is 0 Å². The maximum atomic E-state index is 12.7. The zero-order valence-corrected chi connectivity index (χ0v) is 10.4. The van der Waals surface area contributed by atoms with Crippen molar-refractivity contribution in [2.24, 2.45) is 0 Å². The van der Waals surface area contributed by atoms with Crippen LogP contribution < -0.4 is 10.6 Å². The van der Waals surface area contributed by atoms with Crippen LogP contribution in [0.2, 0.25) is 0 Å². The lowest BCUT2D eigenvalue weighted by atomic mass is 9.95. The number of alkyl halides is 3. The molecule has 0 saturated carbocycles. The van der Waals surface area contributed by atoms with Gasteiger partial charge >= 0.3 is 6.18 Å². The Morgan fingerprint density at radius 3 is 2.67 bits per heavy atom. The number of benzene rings is 1. The van der Waals surface area contributed by atoms with Crippen molar-refractivity contribution in [3.05, 3.63) is 29.3 Å². The zero-order chi connectivity index (χ0) is 13.3. The summed E-state index contributed by atoms with van der Waals surface area (Å²) in [6, 6.07) is 4.14. The molecule has 0 aromatic heterocycles. The number of nitrogens with one attached hydrogen (secondary N) is 2. The molecule has 0 spiro atoms. The van der Waals surface area contributed by atoms with Crippen molar-refractivity contribution in [1.29, 1.82) is 0 Å². The fourth-order valence-electron chi connectivity index (χ4n) is 2.27. The number of anilines is 1. The van der Waals surface area contributed by atoms with Crippen LogP contribution in [0.1, 0.15) is 37.4 Å². The number of hydrogen-bond donors (Lipinski definition) is 2. The molecule has 1 heterocycles. The Balaban J connectivity index is 2.35. The van der Waals surface area contributed by atoms with Gasteiger partial charge in [0.15, 0.2) is 0 Å². The van der Waals surface area contributed by atoms with E-state index in [2.05, 4.69) is 10.6 Å². The molecule has 0 fully saturated rings. The second kappa shape index (κ2) is 4.80. The van der Waals surface area contributed by atoms with Crippen molar-refractivity contribution in [2.45, 2.75) is 38.5 Å². The summed E-state index contributed by atoms with van der Waals surface area (Å²) in [5.41, 5.74) is 0.928. The van der Waals surface area contributed by atoms with E-state index in [1.807, 2.05) is 13.8 Å². The third-order valence-corrected chi connectivity index (χ3v) is 3.04. The smallest absolute Gasteiger partial charge is 0.385 e. The van der Waals surface area contributed by atoms with Crippen LogP contribution in [-0.2, 0) is 6.18 Å². The summed E-state index contributed by atoms with van der Waals surface area (Å²) in [4.78, 5) is 0. The first-order valence-corrected chi connectivity index (χ1v) is 6.09. The molecule has 0 amide bonds. The SMILES string of the molecule is CC(C)NC1CCNc2ccc(C(F)(F)F)cc21. The maximum absolute atomic E-state index is 12.7. The monoisotopic (exact) mass is 258 g/mol. The van der Waals surface area contributed by atoms with Crippen molar-refractivity contribution in [3.8, 4) is 0 Å². The van der Waals surface area contributed by atoms with E-state index in [0.717, 1.165) is 24.7 Å². The van der Waals surface area contributed by atoms with Gasteiger partial charge in [0, 0.05) is 24.3 Å². The molecule has 0 bridgehead atoms. The lowest BCUT2D eigenvalue weighted by molar-refractivity contribution is -0.137. The van der Waals surface area contributed by atoms with Crippen molar-refractivity contribution in [1.82, 2.24) is 5.32 Å². The fourth-order valence-corrected chi connectivity index (χ4v) is 2.27. The van der Waals surface area contributed by atoms with Gasteiger partial charge in [-0.1, -0.05) is 13.8 Å². The molecule has 1 unspecified atom stereocenters. The van der Waals surface area contributed by atoms with E-state index in [9.17, 15) is 13.2 Å². The molecule has 0 radical (unpaired) electrons. The molecule has 2 rings (SSSR count). The van der Waals surface area contributed by atoms with Crippen molar-refractivity contribution in [3.63, 3.8) is 0 Å². The second-order valence-corrected chi connectivity index (χ2v) is 4.89. The van der Waals surface area contributed by atoms with Crippen LogP contribution in [0.4, 0.5) is 18.9 Å². The van der Waals surface area contributed by atoms with E-state index in [-0.39, 0.29) is 12.1 Å². The molecule has 1 atom stereocenters. The van der Waals surface area contributed by atoms with E-state index in [4.69, 9.17) is 0 Å². The number of fused-ring (bicyclic) bond motifs is 1. The van der Waals surface area contributed by atoms with Crippen LogP contribution in [0, 0.1) is 0 Å². The molecule has 1 aliphatic rings. The first kappa shape index (κ1) is 13.2. The van der Waals surface area contributed by atoms with Crippen LogP contribution in [0.5, 0.6) is 0 Å². The van der Waals surface area contributed by atoms with E-state index in [0.29, 0.717) is 5.56 Å². The summed E-state index contributed by atoms with van der Waals surface area (Å²) in [7, 11) is 0. The first-order valence-electron chi connectivity index (χ1n) is 6.09. The molecule has 2 N–H and O–H groups in total. The van der Waals surface area contributed by atoms with Crippen LogP contribution in [0.3, 0.4) is 0 Å². The maximum Gasteiger partial charge on any atom is 0.416 e. The highest BCUT2D eigenvalue weighted by Gasteiger charge is 2.32. The summed E-state index contributed by atoms with van der Waals surface area (Å²) in [6.07, 6.45) is -3.48. The van der Waals surface area contributed by atoms with Crippen LogP contribution in [0.25, 0.3) is 0 Å². The van der Waals surface area contributed by atoms with Crippen molar-refractivity contribution in [2.75, 3.05) is 11.9 Å². The highest BCUT2D eigenvalue weighted by atomic mass is 19.4. The van der Waals surface area contributed by atoms with Crippen LogP contribution in [-0.4, -0.2) is 12.6 Å². The Morgan fingerprint density at radius 1 is 1.33 bits per heavy atom. The van der Waals surface area contributed by atoms with Gasteiger partial charge in [0.1, 0.15) is 0 Å². The zero-order valence-electron chi connectivity index (χ0n) is 10.4. The molecule has 100 valence electrons. The van der Waals surface area contributed by atoms with E-state index in [1.165, 1.54) is 12.1 Å². The largest absolute Gasteiger partial charge is 0.416 e. The topological polar surface area (TPSA) is 24.1 Å². The summed E-state index contributed by atoms with van der Waals surface area (Å²) >= 11 is 0. The van der Waals surface area contributed by atoms with Crippen molar-refractivity contribution >= 4 is 5.69 Å². The van der Waals surface area contributed by atoms with E-state index in [1.54, 1.807) is 0 Å². The molecule has 1 aliphatic heterocycles. The predicted octanol–water partition coefficient (Wildman–Crippen LogP) is 3.56. The van der Waals surface area contributed by atoms with E-state index >= 15 is 0 Å². The molecule has 0 saturated heterocycles. The summed E-state index contributed by atoms with van der Waals surface area (Å²) in [5.74, 6) is 0. The highest BCUT2D eigenvalue weighted by molar-refractivity contribution is 5.56. The van der Waals surface area contributed by atoms with E-state index < -0.39 is 11.7 Å². The Bertz CT molecular complexity index is 427. The van der Waals surface area contributed by atoms with Gasteiger partial charge in [0.25, 0.3) is 0 Å². The highest BCUT2D eigenvalue weighted by Crippen LogP contribution is 2.36. The summed E-state index contributed by atoms with van der Waals surface area (Å²) < 4.78 is 38.1. The molecule has 0 aliphatic carbocycles. The van der Waals surface area contributed by atoms with Gasteiger partial charge < -0.3 is 10.6 Å². The molecular formula is C13H17F3N2. The summed E-state index contributed by atoms with van der Waals surface area (Å²) in [6.45, 7) is 4.77. The minimum absolute atomic E-state index is 0.0106. The van der Waals surface area contributed by atoms with Gasteiger partial charge in [-0.25, -0.2) is 0 Å². The lowest BCUT2D eigenvalue weighted by Gasteiger charge is -2.29. The van der Waals surface area contributed by atoms with Crippen molar-refractivity contribution < 1.29 is 13.2 Å². The molecule has 1 aromatic carbocycles. The standard InChI is InChI=1S/C13H17F3N2/c1-8(2)18-12-5-6-17-11-4-3-9(7-10(11)12)13(14,15)16/h3-4,7-8,12,17-18H,5-6H2,1-2H3. The van der Waals surface area contributed by atoms with Crippen LogP contribution in [0.15, 0.2) is 18.2 Å². The van der Waals surface area contributed by atoms with Gasteiger partial charge in [0.05, 0.1) is 5.56 Å². The fraction of sp³-hybridized carbons (Fsp3) is 0.538. The minimum atomic E-state index is -4.28. The molecular weight excluding hydrogens is 241 g/mol. The quantitative estimate of drug-likeness (QED) is 0.847. The average Bonchev–Trinajstić information content (AvgIpc) is 2.27. The van der Waals surface area contributed by atoms with Gasteiger partial charge in [-0.15, -0.1) is 0 Å². The normalized spacial score (nSPS) is 19.6. The molecule has 2 nitrogen and oxygen atoms in total. The summed E-state index contributed by atoms with van der Waals surface area (Å²) in [5, 5.41) is 6.45. The number of rotatable bonds is 2. The van der Waals surface area contributed by atoms with Gasteiger partial charge in [-0.2, -0.15) is 13.2 Å². The van der Waals surface area contributed by atoms with Gasteiger partial charge in [-0.3, -0.25) is 0 Å². The molecule has 18 heavy (non-hydrogen) atoms. The number of halogens is 3. The number of hydrogen-bond acceptors (Lipinski definition) is 2. The predicted molar refractivity (Wildman–Crippen MR) is 65.6 cm³/mol. The molecule has 1 aromatic rings. The average molecular weight is 258 g/mol. The molecule has 5 heteroatoms. The minimum Gasteiger partial charge on any atom is -0.385 e.